The molecule has 0 heteroatoms. The highest BCUT2D eigenvalue weighted by Crippen LogP contribution is 2.61. The number of hydrogen-bond donors (Lipinski definition) is 0. The summed E-state index contributed by atoms with van der Waals surface area (Å²) in [6.07, 6.45) is 15.0. The third kappa shape index (κ3) is 3.15. The molecule has 0 bridgehead atoms. The van der Waals surface area contributed by atoms with Crippen molar-refractivity contribution in [3.63, 3.8) is 0 Å². The van der Waals surface area contributed by atoms with Crippen LogP contribution in [0.25, 0.3) is 0 Å². The van der Waals surface area contributed by atoms with E-state index in [1.165, 1.54) is 44.9 Å². The highest BCUT2D eigenvalue weighted by molar-refractivity contribution is 5.09. The lowest BCUT2D eigenvalue weighted by molar-refractivity contribution is -0.110. The van der Waals surface area contributed by atoms with E-state index in [9.17, 15) is 0 Å². The molecule has 0 nitrogen and oxygen atoms in total. The Bertz CT molecular complexity index is 325. The van der Waals surface area contributed by atoms with Crippen LogP contribution in [0.5, 0.6) is 0 Å². The first-order valence-electron chi connectivity index (χ1n) is 9.15. The van der Waals surface area contributed by atoms with E-state index in [2.05, 4.69) is 46.8 Å². The number of allylic oxidation sites excluding steroid dienone is 2. The molecule has 5 unspecified atom stereocenters. The van der Waals surface area contributed by atoms with Crippen LogP contribution in [-0.4, -0.2) is 0 Å². The third-order valence-corrected chi connectivity index (χ3v) is 6.26. The first-order valence-corrected chi connectivity index (χ1v) is 9.15. The van der Waals surface area contributed by atoms with E-state index in [-0.39, 0.29) is 0 Å². The van der Waals surface area contributed by atoms with Crippen molar-refractivity contribution in [1.82, 2.24) is 0 Å². The Morgan fingerprint density at radius 2 is 1.80 bits per heavy atom. The maximum Gasteiger partial charge on any atom is -0.0141 e. The van der Waals surface area contributed by atoms with Gasteiger partial charge < -0.3 is 0 Å². The lowest BCUT2D eigenvalue weighted by atomic mass is 9.44. The molecule has 2 saturated carbocycles. The first kappa shape index (κ1) is 16.1. The smallest absolute Gasteiger partial charge is 0.0141 e. The fourth-order valence-corrected chi connectivity index (χ4v) is 5.64. The minimum atomic E-state index is 0.407. The lowest BCUT2D eigenvalue weighted by Gasteiger charge is -2.60. The van der Waals surface area contributed by atoms with Gasteiger partial charge in [-0.15, -0.1) is 0 Å². The van der Waals surface area contributed by atoms with E-state index >= 15 is 0 Å². The van der Waals surface area contributed by atoms with Crippen LogP contribution in [0.3, 0.4) is 0 Å². The van der Waals surface area contributed by atoms with Gasteiger partial charge in [0.2, 0.25) is 0 Å². The Morgan fingerprint density at radius 1 is 1.15 bits per heavy atom. The van der Waals surface area contributed by atoms with Crippen molar-refractivity contribution in [3.05, 3.63) is 12.2 Å². The SMILES string of the molecule is CC=CC(C)(C)C1C2CCCCC2C1CC(C)CCC. The summed E-state index contributed by atoms with van der Waals surface area (Å²) in [7, 11) is 0. The quantitative estimate of drug-likeness (QED) is 0.488. The van der Waals surface area contributed by atoms with Gasteiger partial charge in [-0.05, 0) is 61.2 Å². The van der Waals surface area contributed by atoms with Crippen LogP contribution in [0.2, 0.25) is 0 Å². The summed E-state index contributed by atoms with van der Waals surface area (Å²) in [5.74, 6) is 4.99. The highest BCUT2D eigenvalue weighted by Gasteiger charge is 2.54. The Balaban J connectivity index is 2.09. The van der Waals surface area contributed by atoms with E-state index in [1.54, 1.807) is 0 Å². The Morgan fingerprint density at radius 3 is 2.40 bits per heavy atom. The van der Waals surface area contributed by atoms with Gasteiger partial charge in [0.1, 0.15) is 0 Å². The lowest BCUT2D eigenvalue weighted by Crippen LogP contribution is -2.54. The topological polar surface area (TPSA) is 0 Å². The van der Waals surface area contributed by atoms with Crippen molar-refractivity contribution < 1.29 is 0 Å². The molecule has 2 aliphatic carbocycles. The molecular formula is C20H36. The third-order valence-electron chi connectivity index (χ3n) is 6.26. The van der Waals surface area contributed by atoms with E-state index in [1.807, 2.05) is 0 Å². The standard InChI is InChI=1S/C20H36/c1-6-10-15(3)14-18-16-11-8-9-12-17(16)19(18)20(4,5)13-7-2/h7,13,15-19H,6,8-12,14H2,1-5H3. The molecule has 20 heavy (non-hydrogen) atoms. The van der Waals surface area contributed by atoms with Crippen LogP contribution in [0, 0.1) is 35.0 Å². The Hall–Kier alpha value is -0.260. The van der Waals surface area contributed by atoms with Crippen molar-refractivity contribution >= 4 is 0 Å². The number of hydrogen-bond acceptors (Lipinski definition) is 0. The molecule has 2 fully saturated rings. The second-order valence-electron chi connectivity index (χ2n) is 8.25. The van der Waals surface area contributed by atoms with Gasteiger partial charge in [-0.25, -0.2) is 0 Å². The molecular weight excluding hydrogens is 240 g/mol. The fourth-order valence-electron chi connectivity index (χ4n) is 5.64. The summed E-state index contributed by atoms with van der Waals surface area (Å²) < 4.78 is 0. The zero-order chi connectivity index (χ0) is 14.8. The molecule has 2 aliphatic rings. The molecule has 116 valence electrons. The molecule has 0 radical (unpaired) electrons. The van der Waals surface area contributed by atoms with Crippen molar-refractivity contribution in [2.75, 3.05) is 0 Å². The summed E-state index contributed by atoms with van der Waals surface area (Å²) in [4.78, 5) is 0. The molecule has 5 atom stereocenters. The normalized spacial score (nSPS) is 35.6. The van der Waals surface area contributed by atoms with E-state index in [0.29, 0.717) is 5.41 Å². The van der Waals surface area contributed by atoms with E-state index < -0.39 is 0 Å². The van der Waals surface area contributed by atoms with Gasteiger partial charge in [0, 0.05) is 0 Å². The zero-order valence-corrected chi connectivity index (χ0v) is 14.5. The van der Waals surface area contributed by atoms with Gasteiger partial charge in [0.25, 0.3) is 0 Å². The second kappa shape index (κ2) is 6.67. The predicted molar refractivity (Wildman–Crippen MR) is 89.7 cm³/mol. The van der Waals surface area contributed by atoms with Crippen LogP contribution in [0.15, 0.2) is 12.2 Å². The molecule has 0 aromatic heterocycles. The summed E-state index contributed by atoms with van der Waals surface area (Å²) in [5, 5.41) is 0. The molecule has 0 aromatic rings. The van der Waals surface area contributed by atoms with E-state index in [4.69, 9.17) is 0 Å². The first-order chi connectivity index (χ1) is 9.51. The maximum atomic E-state index is 2.49. The van der Waals surface area contributed by atoms with Crippen LogP contribution in [0.1, 0.15) is 79.6 Å². The number of fused-ring (bicyclic) bond motifs is 1. The Kier molecular flexibility index (Phi) is 5.37. The minimum Gasteiger partial charge on any atom is -0.0911 e. The molecule has 2 rings (SSSR count). The van der Waals surface area contributed by atoms with Gasteiger partial charge in [-0.2, -0.15) is 0 Å². The molecule has 0 saturated heterocycles. The van der Waals surface area contributed by atoms with Crippen LogP contribution < -0.4 is 0 Å². The van der Waals surface area contributed by atoms with Gasteiger partial charge in [-0.3, -0.25) is 0 Å². The Labute approximate surface area is 127 Å². The molecule has 0 amide bonds. The largest absolute Gasteiger partial charge is 0.0911 e. The summed E-state index contributed by atoms with van der Waals surface area (Å²) in [5.41, 5.74) is 0.407. The molecule has 0 aliphatic heterocycles. The molecule has 0 heterocycles. The number of rotatable bonds is 6. The van der Waals surface area contributed by atoms with Gasteiger partial charge in [-0.1, -0.05) is 65.5 Å². The van der Waals surface area contributed by atoms with Crippen molar-refractivity contribution in [1.29, 1.82) is 0 Å². The van der Waals surface area contributed by atoms with E-state index in [0.717, 1.165) is 29.6 Å². The van der Waals surface area contributed by atoms with Crippen LogP contribution >= 0.6 is 0 Å². The molecule has 0 aromatic carbocycles. The van der Waals surface area contributed by atoms with Gasteiger partial charge in [0.15, 0.2) is 0 Å². The zero-order valence-electron chi connectivity index (χ0n) is 14.5. The predicted octanol–water partition coefficient (Wildman–Crippen LogP) is 6.47. The second-order valence-corrected chi connectivity index (χ2v) is 8.25. The van der Waals surface area contributed by atoms with Gasteiger partial charge >= 0.3 is 0 Å². The van der Waals surface area contributed by atoms with Gasteiger partial charge in [0.05, 0.1) is 0 Å². The summed E-state index contributed by atoms with van der Waals surface area (Å²) in [6.45, 7) is 12.0. The van der Waals surface area contributed by atoms with Crippen LogP contribution in [0.4, 0.5) is 0 Å². The van der Waals surface area contributed by atoms with Crippen molar-refractivity contribution in [3.8, 4) is 0 Å². The monoisotopic (exact) mass is 276 g/mol. The fraction of sp³-hybridized carbons (Fsp3) is 0.900. The molecule has 0 spiro atoms. The molecule has 0 N–H and O–H groups in total. The maximum absolute atomic E-state index is 2.49. The summed E-state index contributed by atoms with van der Waals surface area (Å²) in [6, 6.07) is 0. The minimum absolute atomic E-state index is 0.407. The highest BCUT2D eigenvalue weighted by atomic mass is 14.6. The van der Waals surface area contributed by atoms with Crippen molar-refractivity contribution in [2.24, 2.45) is 35.0 Å². The average molecular weight is 277 g/mol. The van der Waals surface area contributed by atoms with Crippen LogP contribution in [-0.2, 0) is 0 Å². The summed E-state index contributed by atoms with van der Waals surface area (Å²) >= 11 is 0. The van der Waals surface area contributed by atoms with Crippen molar-refractivity contribution in [2.45, 2.75) is 79.6 Å². The average Bonchev–Trinajstić information content (AvgIpc) is 2.36.